The Morgan fingerprint density at radius 2 is 2.07 bits per heavy atom. The first-order chi connectivity index (χ1) is 14.0. The Kier molecular flexibility index (Phi) is 9.17. The lowest BCUT2D eigenvalue weighted by Crippen LogP contribution is -2.08. The number of anilines is 1. The molecule has 7 nitrogen and oxygen atoms in total. The monoisotopic (exact) mass is 418 g/mol. The Hall–Kier alpha value is -2.87. The van der Waals surface area contributed by atoms with Crippen molar-refractivity contribution in [3.05, 3.63) is 40.9 Å². The molecule has 0 radical (unpaired) electrons. The second-order valence-electron chi connectivity index (χ2n) is 6.36. The highest BCUT2D eigenvalue weighted by Gasteiger charge is 2.08. The first-order valence-electron chi connectivity index (χ1n) is 9.48. The van der Waals surface area contributed by atoms with Gasteiger partial charge in [0.1, 0.15) is 0 Å². The summed E-state index contributed by atoms with van der Waals surface area (Å²) in [6, 6.07) is 5.48. The number of carbonyl (C=O) groups is 2. The van der Waals surface area contributed by atoms with Crippen LogP contribution in [-0.2, 0) is 16.0 Å². The Labute approximate surface area is 174 Å². The van der Waals surface area contributed by atoms with E-state index < -0.39 is 5.97 Å². The zero-order valence-electron chi connectivity index (χ0n) is 16.6. The van der Waals surface area contributed by atoms with Gasteiger partial charge in [-0.2, -0.15) is 0 Å². The Balaban J connectivity index is 1.91. The number of carboxylic acids is 1. The number of amides is 1. The molecule has 2 N–H and O–H groups in total. The fourth-order valence-corrected chi connectivity index (χ4v) is 3.25. The maximum Gasteiger partial charge on any atom is 0.309 e. The summed E-state index contributed by atoms with van der Waals surface area (Å²) in [6.07, 6.45) is 7.41. The van der Waals surface area contributed by atoms with Gasteiger partial charge in [0, 0.05) is 11.5 Å². The number of nitrogens with zero attached hydrogens (tertiary/aromatic N) is 1. The SMILES string of the molecule is CCCCCCOc1ccc(/C=C/C(=O)Nc2nc(CC(=O)O)cs2)cc1OC. The van der Waals surface area contributed by atoms with Gasteiger partial charge in [0.25, 0.3) is 0 Å². The molecule has 0 saturated heterocycles. The smallest absolute Gasteiger partial charge is 0.309 e. The summed E-state index contributed by atoms with van der Waals surface area (Å²) in [4.78, 5) is 26.8. The minimum Gasteiger partial charge on any atom is -0.493 e. The highest BCUT2D eigenvalue weighted by atomic mass is 32.1. The molecule has 0 aliphatic carbocycles. The van der Waals surface area contributed by atoms with E-state index in [1.165, 1.54) is 30.3 Å². The number of carboxylic acid groups (broad SMARTS) is 1. The van der Waals surface area contributed by atoms with Gasteiger partial charge in [-0.15, -0.1) is 11.3 Å². The fraction of sp³-hybridized carbons (Fsp3) is 0.381. The van der Waals surface area contributed by atoms with Gasteiger partial charge in [0.05, 0.1) is 25.8 Å². The molecule has 2 aromatic rings. The first kappa shape index (κ1) is 22.4. The van der Waals surface area contributed by atoms with E-state index in [-0.39, 0.29) is 12.3 Å². The molecule has 8 heteroatoms. The van der Waals surface area contributed by atoms with Crippen LogP contribution in [0.2, 0.25) is 0 Å². The van der Waals surface area contributed by atoms with E-state index in [4.69, 9.17) is 14.6 Å². The zero-order chi connectivity index (χ0) is 21.1. The lowest BCUT2D eigenvalue weighted by molar-refractivity contribution is -0.136. The van der Waals surface area contributed by atoms with Gasteiger partial charge in [-0.3, -0.25) is 14.9 Å². The van der Waals surface area contributed by atoms with Crippen LogP contribution in [0.25, 0.3) is 6.08 Å². The first-order valence-corrected chi connectivity index (χ1v) is 10.4. The second-order valence-corrected chi connectivity index (χ2v) is 7.21. The van der Waals surface area contributed by atoms with Crippen molar-refractivity contribution in [2.24, 2.45) is 0 Å². The Morgan fingerprint density at radius 1 is 1.24 bits per heavy atom. The number of hydrogen-bond donors (Lipinski definition) is 2. The molecular formula is C21H26N2O5S. The molecule has 0 aliphatic heterocycles. The summed E-state index contributed by atoms with van der Waals surface area (Å²) in [5.41, 5.74) is 1.21. The molecule has 0 fully saturated rings. The molecule has 2 rings (SSSR count). The normalized spacial score (nSPS) is 10.8. The van der Waals surface area contributed by atoms with Crippen molar-refractivity contribution >= 4 is 34.4 Å². The van der Waals surface area contributed by atoms with Crippen molar-refractivity contribution in [1.29, 1.82) is 0 Å². The maximum atomic E-state index is 12.1. The number of aliphatic carboxylic acids is 1. The number of ether oxygens (including phenoxy) is 2. The third-order valence-corrected chi connectivity index (χ3v) is 4.79. The standard InChI is InChI=1S/C21H26N2O5S/c1-3-4-5-6-11-28-17-9-7-15(12-18(17)27-2)8-10-19(24)23-21-22-16(14-29-21)13-20(25)26/h7-10,12,14H,3-6,11,13H2,1-2H3,(H,25,26)(H,22,23,24)/b10-8+. The molecule has 0 saturated carbocycles. The molecule has 0 spiro atoms. The van der Waals surface area contributed by atoms with Gasteiger partial charge >= 0.3 is 5.97 Å². The molecule has 0 aliphatic rings. The topological polar surface area (TPSA) is 97.8 Å². The van der Waals surface area contributed by atoms with E-state index in [0.717, 1.165) is 18.4 Å². The molecule has 1 heterocycles. The molecule has 0 unspecified atom stereocenters. The van der Waals surface area contributed by atoms with Crippen LogP contribution in [0.4, 0.5) is 5.13 Å². The van der Waals surface area contributed by atoms with Crippen LogP contribution >= 0.6 is 11.3 Å². The minimum absolute atomic E-state index is 0.172. The van der Waals surface area contributed by atoms with E-state index in [2.05, 4.69) is 17.2 Å². The van der Waals surface area contributed by atoms with Gasteiger partial charge in [-0.25, -0.2) is 4.98 Å². The lowest BCUT2D eigenvalue weighted by Gasteiger charge is -2.11. The molecule has 0 bridgehead atoms. The summed E-state index contributed by atoms with van der Waals surface area (Å²) in [7, 11) is 1.58. The molecule has 1 aromatic heterocycles. The van der Waals surface area contributed by atoms with Crippen molar-refractivity contribution in [2.75, 3.05) is 19.0 Å². The van der Waals surface area contributed by atoms with Crippen molar-refractivity contribution in [3.8, 4) is 11.5 Å². The number of thiazole rings is 1. The van der Waals surface area contributed by atoms with Gasteiger partial charge in [0.2, 0.25) is 5.91 Å². The van der Waals surface area contributed by atoms with E-state index in [1.54, 1.807) is 24.6 Å². The number of nitrogens with one attached hydrogen (secondary N) is 1. The lowest BCUT2D eigenvalue weighted by atomic mass is 10.2. The van der Waals surface area contributed by atoms with Crippen LogP contribution in [0.5, 0.6) is 11.5 Å². The van der Waals surface area contributed by atoms with Gasteiger partial charge in [-0.1, -0.05) is 32.3 Å². The largest absolute Gasteiger partial charge is 0.493 e. The minimum atomic E-state index is -0.963. The van der Waals surface area contributed by atoms with Crippen LogP contribution < -0.4 is 14.8 Å². The number of benzene rings is 1. The van der Waals surface area contributed by atoms with Crippen molar-refractivity contribution in [1.82, 2.24) is 4.98 Å². The summed E-state index contributed by atoms with van der Waals surface area (Å²) in [5.74, 6) is -0.0209. The predicted octanol–water partition coefficient (Wildman–Crippen LogP) is 4.39. The quantitative estimate of drug-likeness (QED) is 0.392. The average Bonchev–Trinajstić information content (AvgIpc) is 3.12. The molecule has 29 heavy (non-hydrogen) atoms. The molecule has 0 atom stereocenters. The van der Waals surface area contributed by atoms with E-state index >= 15 is 0 Å². The highest BCUT2D eigenvalue weighted by molar-refractivity contribution is 7.14. The molecule has 1 amide bonds. The number of methoxy groups -OCH3 is 1. The number of rotatable bonds is 12. The second kappa shape index (κ2) is 11.9. The summed E-state index contributed by atoms with van der Waals surface area (Å²) in [5, 5.41) is 13.4. The summed E-state index contributed by atoms with van der Waals surface area (Å²) in [6.45, 7) is 2.82. The number of aromatic nitrogens is 1. The van der Waals surface area contributed by atoms with E-state index in [1.807, 2.05) is 12.1 Å². The highest BCUT2D eigenvalue weighted by Crippen LogP contribution is 2.29. The van der Waals surface area contributed by atoms with Crippen molar-refractivity contribution in [2.45, 2.75) is 39.0 Å². The van der Waals surface area contributed by atoms with Crippen LogP contribution in [0.1, 0.15) is 43.9 Å². The molecule has 156 valence electrons. The number of hydrogen-bond acceptors (Lipinski definition) is 6. The third kappa shape index (κ3) is 7.95. The zero-order valence-corrected chi connectivity index (χ0v) is 17.5. The maximum absolute atomic E-state index is 12.1. The fourth-order valence-electron chi connectivity index (χ4n) is 2.54. The van der Waals surface area contributed by atoms with Crippen LogP contribution in [0.3, 0.4) is 0 Å². The Bertz CT molecular complexity index is 847. The number of carbonyl (C=O) groups excluding carboxylic acids is 1. The third-order valence-electron chi connectivity index (χ3n) is 3.98. The van der Waals surface area contributed by atoms with Crippen molar-refractivity contribution < 1.29 is 24.2 Å². The predicted molar refractivity (Wildman–Crippen MR) is 114 cm³/mol. The molecular weight excluding hydrogens is 392 g/mol. The van der Waals surface area contributed by atoms with Gasteiger partial charge < -0.3 is 14.6 Å². The number of unbranched alkanes of at least 4 members (excludes halogenated alkanes) is 3. The molecule has 1 aromatic carbocycles. The average molecular weight is 419 g/mol. The van der Waals surface area contributed by atoms with E-state index in [9.17, 15) is 9.59 Å². The van der Waals surface area contributed by atoms with Crippen LogP contribution in [0.15, 0.2) is 29.7 Å². The van der Waals surface area contributed by atoms with Gasteiger partial charge in [0.15, 0.2) is 16.6 Å². The van der Waals surface area contributed by atoms with Crippen LogP contribution in [0, 0.1) is 0 Å². The van der Waals surface area contributed by atoms with Crippen LogP contribution in [-0.4, -0.2) is 35.7 Å². The van der Waals surface area contributed by atoms with Gasteiger partial charge in [-0.05, 0) is 30.2 Å². The van der Waals surface area contributed by atoms with E-state index in [0.29, 0.717) is 28.9 Å². The Morgan fingerprint density at radius 3 is 2.79 bits per heavy atom. The summed E-state index contributed by atoms with van der Waals surface area (Å²) >= 11 is 1.19. The van der Waals surface area contributed by atoms with Crippen molar-refractivity contribution in [3.63, 3.8) is 0 Å². The summed E-state index contributed by atoms with van der Waals surface area (Å²) < 4.78 is 11.2.